The Morgan fingerprint density at radius 3 is 2.80 bits per heavy atom. The Morgan fingerprint density at radius 2 is 2.00 bits per heavy atom. The van der Waals surface area contributed by atoms with Crippen molar-refractivity contribution in [2.24, 2.45) is 0 Å². The van der Waals surface area contributed by atoms with Crippen molar-refractivity contribution in [3.63, 3.8) is 0 Å². The maximum atomic E-state index is 12.0. The fraction of sp³-hybridized carbons (Fsp3) is 0.158. The number of para-hydroxylation sites is 1. The number of anilines is 1. The quantitative estimate of drug-likeness (QED) is 0.526. The molecule has 0 spiro atoms. The van der Waals surface area contributed by atoms with E-state index in [9.17, 15) is 4.79 Å². The number of hydrogen-bond donors (Lipinski definition) is 1. The van der Waals surface area contributed by atoms with E-state index in [0.717, 1.165) is 21.5 Å². The van der Waals surface area contributed by atoms with Crippen molar-refractivity contribution in [2.75, 3.05) is 11.9 Å². The van der Waals surface area contributed by atoms with Crippen LogP contribution in [0.4, 0.5) is 5.13 Å². The molecule has 128 valence electrons. The number of carbonyl (C=O) groups is 1. The highest BCUT2D eigenvalue weighted by Gasteiger charge is 2.08. The van der Waals surface area contributed by atoms with Crippen molar-refractivity contribution in [1.29, 1.82) is 0 Å². The van der Waals surface area contributed by atoms with Crippen molar-refractivity contribution < 1.29 is 9.53 Å². The summed E-state index contributed by atoms with van der Waals surface area (Å²) in [6, 6.07) is 17.5. The smallest absolute Gasteiger partial charge is 0.226 e. The Balaban J connectivity index is 1.45. The topological polar surface area (TPSA) is 51.2 Å². The van der Waals surface area contributed by atoms with Crippen LogP contribution in [-0.4, -0.2) is 17.5 Å². The van der Waals surface area contributed by atoms with Crippen molar-refractivity contribution in [3.05, 3.63) is 64.5 Å². The number of rotatable bonds is 7. The summed E-state index contributed by atoms with van der Waals surface area (Å²) in [4.78, 5) is 16.5. The molecule has 0 aliphatic rings. The number of hydrogen-bond acceptors (Lipinski definition) is 4. The van der Waals surface area contributed by atoms with Gasteiger partial charge < -0.3 is 10.1 Å². The van der Waals surface area contributed by atoms with Crippen LogP contribution >= 0.6 is 27.3 Å². The molecule has 0 saturated carbocycles. The molecule has 3 aromatic rings. The second-order valence-corrected chi connectivity index (χ2v) is 7.14. The third-order valence-electron chi connectivity index (χ3n) is 3.43. The summed E-state index contributed by atoms with van der Waals surface area (Å²) < 4.78 is 6.58. The molecule has 3 rings (SSSR count). The van der Waals surface area contributed by atoms with Gasteiger partial charge in [0.05, 0.1) is 12.3 Å². The van der Waals surface area contributed by atoms with E-state index in [1.807, 2.05) is 60.0 Å². The lowest BCUT2D eigenvalue weighted by molar-refractivity contribution is -0.116. The van der Waals surface area contributed by atoms with E-state index in [4.69, 9.17) is 4.74 Å². The van der Waals surface area contributed by atoms with Crippen LogP contribution in [0.25, 0.3) is 11.3 Å². The zero-order valence-corrected chi connectivity index (χ0v) is 15.8. The highest BCUT2D eigenvalue weighted by molar-refractivity contribution is 9.10. The summed E-state index contributed by atoms with van der Waals surface area (Å²) in [5, 5.41) is 5.40. The first-order chi connectivity index (χ1) is 12.2. The minimum atomic E-state index is -0.0493. The van der Waals surface area contributed by atoms with Crippen LogP contribution in [0.5, 0.6) is 5.75 Å². The molecule has 0 unspecified atom stereocenters. The predicted molar refractivity (Wildman–Crippen MR) is 105 cm³/mol. The Kier molecular flexibility index (Phi) is 6.19. The molecule has 1 amide bonds. The lowest BCUT2D eigenvalue weighted by atomic mass is 10.2. The zero-order valence-electron chi connectivity index (χ0n) is 13.4. The van der Waals surface area contributed by atoms with E-state index in [1.54, 1.807) is 0 Å². The molecule has 0 atom stereocenters. The molecular weight excluding hydrogens is 400 g/mol. The molecule has 0 saturated heterocycles. The van der Waals surface area contributed by atoms with Gasteiger partial charge in [0, 0.05) is 21.8 Å². The van der Waals surface area contributed by atoms with E-state index < -0.39 is 0 Å². The number of benzene rings is 2. The third kappa shape index (κ3) is 5.41. The highest BCUT2D eigenvalue weighted by atomic mass is 79.9. The summed E-state index contributed by atoms with van der Waals surface area (Å²) in [6.07, 6.45) is 1.06. The van der Waals surface area contributed by atoms with Crippen LogP contribution in [0.1, 0.15) is 12.8 Å². The molecule has 0 radical (unpaired) electrons. The van der Waals surface area contributed by atoms with Crippen LogP contribution in [0, 0.1) is 0 Å². The predicted octanol–water partition coefficient (Wildman–Crippen LogP) is 5.37. The van der Waals surface area contributed by atoms with Crippen LogP contribution in [0.15, 0.2) is 64.5 Å². The first-order valence-corrected chi connectivity index (χ1v) is 9.57. The lowest BCUT2D eigenvalue weighted by Gasteiger charge is -2.05. The molecule has 0 bridgehead atoms. The summed E-state index contributed by atoms with van der Waals surface area (Å²) in [7, 11) is 0. The number of aromatic nitrogens is 1. The highest BCUT2D eigenvalue weighted by Crippen LogP contribution is 2.26. The SMILES string of the molecule is O=C(CCCOc1ccccc1)Nc1nc(-c2cccc(Br)c2)cs1. The molecule has 25 heavy (non-hydrogen) atoms. The number of nitrogens with zero attached hydrogens (tertiary/aromatic N) is 1. The second-order valence-electron chi connectivity index (χ2n) is 5.36. The van der Waals surface area contributed by atoms with Gasteiger partial charge in [0.2, 0.25) is 5.91 Å². The van der Waals surface area contributed by atoms with Gasteiger partial charge in [0.1, 0.15) is 5.75 Å². The van der Waals surface area contributed by atoms with Gasteiger partial charge in [0.15, 0.2) is 5.13 Å². The molecular formula is C19H17BrN2O2S. The molecule has 0 aliphatic carbocycles. The molecule has 0 aliphatic heterocycles. The number of halogens is 1. The molecule has 6 heteroatoms. The third-order valence-corrected chi connectivity index (χ3v) is 4.68. The molecule has 1 aromatic heterocycles. The van der Waals surface area contributed by atoms with Gasteiger partial charge in [-0.2, -0.15) is 0 Å². The molecule has 1 N–H and O–H groups in total. The standard InChI is InChI=1S/C19H17BrN2O2S/c20-15-7-4-6-14(12-15)17-13-25-19(21-17)22-18(23)10-5-11-24-16-8-2-1-3-9-16/h1-4,6-9,12-13H,5,10-11H2,(H,21,22,23). The van der Waals surface area contributed by atoms with Gasteiger partial charge in [0.25, 0.3) is 0 Å². The average molecular weight is 417 g/mol. The van der Waals surface area contributed by atoms with E-state index in [2.05, 4.69) is 26.2 Å². The normalized spacial score (nSPS) is 10.4. The van der Waals surface area contributed by atoms with E-state index in [-0.39, 0.29) is 5.91 Å². The number of nitrogens with one attached hydrogen (secondary N) is 1. The van der Waals surface area contributed by atoms with Crippen molar-refractivity contribution >= 4 is 38.3 Å². The Hall–Kier alpha value is -2.18. The summed E-state index contributed by atoms with van der Waals surface area (Å²) >= 11 is 4.88. The van der Waals surface area contributed by atoms with Gasteiger partial charge in [-0.15, -0.1) is 11.3 Å². The average Bonchev–Trinajstić information content (AvgIpc) is 3.08. The first-order valence-electron chi connectivity index (χ1n) is 7.90. The van der Waals surface area contributed by atoms with Crippen molar-refractivity contribution in [3.8, 4) is 17.0 Å². The first kappa shape index (κ1) is 17.6. The monoisotopic (exact) mass is 416 g/mol. The fourth-order valence-corrected chi connectivity index (χ4v) is 3.37. The van der Waals surface area contributed by atoms with Gasteiger partial charge >= 0.3 is 0 Å². The maximum Gasteiger partial charge on any atom is 0.226 e. The maximum absolute atomic E-state index is 12.0. The van der Waals surface area contributed by atoms with Crippen molar-refractivity contribution in [1.82, 2.24) is 4.98 Å². The van der Waals surface area contributed by atoms with Crippen LogP contribution < -0.4 is 10.1 Å². The fourth-order valence-electron chi connectivity index (χ4n) is 2.23. The summed E-state index contributed by atoms with van der Waals surface area (Å²) in [5.74, 6) is 0.772. The molecule has 1 heterocycles. The van der Waals surface area contributed by atoms with Gasteiger partial charge in [-0.25, -0.2) is 4.98 Å². The van der Waals surface area contributed by atoms with Crippen LogP contribution in [0.2, 0.25) is 0 Å². The minimum Gasteiger partial charge on any atom is -0.494 e. The summed E-state index contributed by atoms with van der Waals surface area (Å²) in [5.41, 5.74) is 1.87. The minimum absolute atomic E-state index is 0.0493. The van der Waals surface area contributed by atoms with E-state index in [0.29, 0.717) is 24.6 Å². The molecule has 0 fully saturated rings. The van der Waals surface area contributed by atoms with Gasteiger partial charge in [-0.05, 0) is 30.7 Å². The Bertz CT molecular complexity index is 836. The summed E-state index contributed by atoms with van der Waals surface area (Å²) in [6.45, 7) is 0.512. The number of carbonyl (C=O) groups excluding carboxylic acids is 1. The Morgan fingerprint density at radius 1 is 1.16 bits per heavy atom. The van der Waals surface area contributed by atoms with Crippen LogP contribution in [-0.2, 0) is 4.79 Å². The molecule has 2 aromatic carbocycles. The van der Waals surface area contributed by atoms with E-state index in [1.165, 1.54) is 11.3 Å². The molecule has 4 nitrogen and oxygen atoms in total. The number of ether oxygens (including phenoxy) is 1. The van der Waals surface area contributed by atoms with Crippen LogP contribution in [0.3, 0.4) is 0 Å². The van der Waals surface area contributed by atoms with Crippen molar-refractivity contribution in [2.45, 2.75) is 12.8 Å². The Labute approximate surface area is 159 Å². The van der Waals surface area contributed by atoms with Gasteiger partial charge in [-0.3, -0.25) is 4.79 Å². The number of thiazole rings is 1. The second kappa shape index (κ2) is 8.78. The zero-order chi connectivity index (χ0) is 17.5. The lowest BCUT2D eigenvalue weighted by Crippen LogP contribution is -2.12. The van der Waals surface area contributed by atoms with E-state index >= 15 is 0 Å². The largest absolute Gasteiger partial charge is 0.494 e. The van der Waals surface area contributed by atoms with Gasteiger partial charge in [-0.1, -0.05) is 46.3 Å². The number of amides is 1.